The predicted molar refractivity (Wildman–Crippen MR) is 110 cm³/mol. The fourth-order valence-electron chi connectivity index (χ4n) is 3.72. The first kappa shape index (κ1) is 18.1. The van der Waals surface area contributed by atoms with Gasteiger partial charge in [-0.05, 0) is 78.6 Å². The van der Waals surface area contributed by atoms with Gasteiger partial charge in [-0.25, -0.2) is 0 Å². The zero-order chi connectivity index (χ0) is 18.7. The number of aliphatic hydroxyl groups is 1. The molecule has 0 heterocycles. The Hall–Kier alpha value is -2.29. The fourth-order valence-corrected chi connectivity index (χ4v) is 3.85. The maximum Gasteiger partial charge on any atom is 0.127 e. The maximum atomic E-state index is 10.7. The molecule has 1 atom stereocenters. The smallest absolute Gasteiger partial charge is 0.127 e. The van der Waals surface area contributed by atoms with Crippen LogP contribution in [0.4, 0.5) is 0 Å². The Balaban J connectivity index is 1.40. The molecule has 4 rings (SSSR count). The summed E-state index contributed by atoms with van der Waals surface area (Å²) in [4.78, 5) is 0. The van der Waals surface area contributed by atoms with Crippen molar-refractivity contribution in [1.82, 2.24) is 0 Å². The summed E-state index contributed by atoms with van der Waals surface area (Å²) < 4.78 is 5.90. The normalized spacial score (nSPS) is 15.9. The van der Waals surface area contributed by atoms with E-state index < -0.39 is 0 Å². The SMILES string of the molecule is OC(Cc1cccc(Oc2ccccc2)c1)CC1(c2ccc(Cl)cc2)CC1. The van der Waals surface area contributed by atoms with E-state index in [9.17, 15) is 5.11 Å². The highest BCUT2D eigenvalue weighted by Crippen LogP contribution is 2.52. The summed E-state index contributed by atoms with van der Waals surface area (Å²) in [6, 6.07) is 25.8. The van der Waals surface area contributed by atoms with Gasteiger partial charge in [-0.2, -0.15) is 0 Å². The van der Waals surface area contributed by atoms with Crippen molar-refractivity contribution in [3.8, 4) is 11.5 Å². The summed E-state index contributed by atoms with van der Waals surface area (Å²) in [6.45, 7) is 0. The molecule has 0 saturated heterocycles. The van der Waals surface area contributed by atoms with Gasteiger partial charge in [0, 0.05) is 5.02 Å². The zero-order valence-corrected chi connectivity index (χ0v) is 15.9. The summed E-state index contributed by atoms with van der Waals surface area (Å²) in [6.07, 6.45) is 3.28. The van der Waals surface area contributed by atoms with Gasteiger partial charge >= 0.3 is 0 Å². The molecule has 0 radical (unpaired) electrons. The first-order valence-corrected chi connectivity index (χ1v) is 9.77. The Kier molecular flexibility index (Phi) is 5.20. The van der Waals surface area contributed by atoms with E-state index in [0.29, 0.717) is 6.42 Å². The van der Waals surface area contributed by atoms with Crippen LogP contribution in [-0.2, 0) is 11.8 Å². The van der Waals surface area contributed by atoms with Gasteiger partial charge in [0.1, 0.15) is 11.5 Å². The van der Waals surface area contributed by atoms with Gasteiger partial charge < -0.3 is 9.84 Å². The van der Waals surface area contributed by atoms with Crippen LogP contribution < -0.4 is 4.74 Å². The second-order valence-electron chi connectivity index (χ2n) is 7.41. The van der Waals surface area contributed by atoms with Gasteiger partial charge in [0.25, 0.3) is 0 Å². The average Bonchev–Trinajstić information content (AvgIpc) is 3.44. The van der Waals surface area contributed by atoms with Crippen LogP contribution in [0, 0.1) is 0 Å². The topological polar surface area (TPSA) is 29.5 Å². The molecule has 1 aliphatic carbocycles. The second kappa shape index (κ2) is 7.75. The molecule has 0 spiro atoms. The molecule has 0 aliphatic heterocycles. The number of rotatable bonds is 7. The Morgan fingerprint density at radius 2 is 1.59 bits per heavy atom. The lowest BCUT2D eigenvalue weighted by atomic mass is 9.88. The zero-order valence-electron chi connectivity index (χ0n) is 15.1. The molecule has 3 heteroatoms. The average molecular weight is 379 g/mol. The number of ether oxygens (including phenoxy) is 1. The molecule has 0 amide bonds. The summed E-state index contributed by atoms with van der Waals surface area (Å²) in [5, 5.41) is 11.5. The van der Waals surface area contributed by atoms with Crippen LogP contribution in [0.3, 0.4) is 0 Å². The molecular weight excluding hydrogens is 356 g/mol. The molecule has 1 unspecified atom stereocenters. The maximum absolute atomic E-state index is 10.7. The highest BCUT2D eigenvalue weighted by atomic mass is 35.5. The van der Waals surface area contributed by atoms with Crippen molar-refractivity contribution in [2.45, 2.75) is 37.2 Å². The molecular formula is C24H23ClO2. The molecule has 1 aliphatic rings. The number of benzene rings is 3. The minimum absolute atomic E-state index is 0.113. The van der Waals surface area contributed by atoms with E-state index in [4.69, 9.17) is 16.3 Å². The highest BCUT2D eigenvalue weighted by molar-refractivity contribution is 6.30. The Labute approximate surface area is 165 Å². The molecule has 0 bridgehead atoms. The van der Waals surface area contributed by atoms with E-state index in [2.05, 4.69) is 12.1 Å². The molecule has 3 aromatic carbocycles. The lowest BCUT2D eigenvalue weighted by molar-refractivity contribution is 0.151. The van der Waals surface area contributed by atoms with Crippen molar-refractivity contribution in [2.75, 3.05) is 0 Å². The van der Waals surface area contributed by atoms with Crippen molar-refractivity contribution in [3.05, 3.63) is 95.0 Å². The van der Waals surface area contributed by atoms with Crippen LogP contribution in [-0.4, -0.2) is 11.2 Å². The number of hydrogen-bond acceptors (Lipinski definition) is 2. The van der Waals surface area contributed by atoms with Gasteiger partial charge in [0.15, 0.2) is 0 Å². The van der Waals surface area contributed by atoms with E-state index in [1.165, 1.54) is 5.56 Å². The Bertz CT molecular complexity index is 886. The van der Waals surface area contributed by atoms with E-state index in [0.717, 1.165) is 41.3 Å². The van der Waals surface area contributed by atoms with Gasteiger partial charge in [0.05, 0.1) is 6.10 Å². The van der Waals surface area contributed by atoms with Crippen LogP contribution in [0.15, 0.2) is 78.9 Å². The van der Waals surface area contributed by atoms with Crippen molar-refractivity contribution in [1.29, 1.82) is 0 Å². The summed E-state index contributed by atoms with van der Waals surface area (Å²) in [5.74, 6) is 1.61. The second-order valence-corrected chi connectivity index (χ2v) is 7.85. The van der Waals surface area contributed by atoms with Gasteiger partial charge in [-0.1, -0.05) is 54.1 Å². The molecule has 138 valence electrons. The quantitative estimate of drug-likeness (QED) is 0.533. The number of aliphatic hydroxyl groups excluding tert-OH is 1. The third kappa shape index (κ3) is 4.52. The van der Waals surface area contributed by atoms with Crippen LogP contribution in [0.1, 0.15) is 30.4 Å². The minimum Gasteiger partial charge on any atom is -0.457 e. The van der Waals surface area contributed by atoms with E-state index in [1.54, 1.807) is 0 Å². The van der Waals surface area contributed by atoms with Crippen molar-refractivity contribution in [2.24, 2.45) is 0 Å². The van der Waals surface area contributed by atoms with E-state index in [1.807, 2.05) is 66.7 Å². The monoisotopic (exact) mass is 378 g/mol. The minimum atomic E-state index is -0.379. The molecule has 1 fully saturated rings. The molecule has 27 heavy (non-hydrogen) atoms. The summed E-state index contributed by atoms with van der Waals surface area (Å²) in [7, 11) is 0. The lowest BCUT2D eigenvalue weighted by Gasteiger charge is -2.20. The van der Waals surface area contributed by atoms with Gasteiger partial charge in [0.2, 0.25) is 0 Å². The fraction of sp³-hybridized carbons (Fsp3) is 0.250. The number of halogens is 1. The van der Waals surface area contributed by atoms with Crippen LogP contribution in [0.5, 0.6) is 11.5 Å². The molecule has 1 saturated carbocycles. The van der Waals surface area contributed by atoms with Gasteiger partial charge in [-0.3, -0.25) is 0 Å². The Morgan fingerprint density at radius 1 is 0.889 bits per heavy atom. The summed E-state index contributed by atoms with van der Waals surface area (Å²) in [5.41, 5.74) is 2.48. The largest absolute Gasteiger partial charge is 0.457 e. The third-order valence-corrected chi connectivity index (χ3v) is 5.54. The van der Waals surface area contributed by atoms with Gasteiger partial charge in [-0.15, -0.1) is 0 Å². The van der Waals surface area contributed by atoms with E-state index >= 15 is 0 Å². The van der Waals surface area contributed by atoms with Crippen LogP contribution in [0.25, 0.3) is 0 Å². The van der Waals surface area contributed by atoms with Crippen molar-refractivity contribution in [3.63, 3.8) is 0 Å². The van der Waals surface area contributed by atoms with Crippen LogP contribution in [0.2, 0.25) is 5.02 Å². The first-order valence-electron chi connectivity index (χ1n) is 9.39. The molecule has 0 aromatic heterocycles. The van der Waals surface area contributed by atoms with E-state index in [-0.39, 0.29) is 11.5 Å². The molecule has 2 nitrogen and oxygen atoms in total. The third-order valence-electron chi connectivity index (χ3n) is 5.29. The van der Waals surface area contributed by atoms with Crippen molar-refractivity contribution < 1.29 is 9.84 Å². The first-order chi connectivity index (χ1) is 13.1. The predicted octanol–water partition coefficient (Wildman–Crippen LogP) is 6.16. The molecule has 1 N–H and O–H groups in total. The summed E-state index contributed by atoms with van der Waals surface area (Å²) >= 11 is 6.01. The molecule has 3 aromatic rings. The standard InChI is InChI=1S/C24H23ClO2/c25-20-11-9-19(10-12-20)24(13-14-24)17-21(26)15-18-5-4-8-23(16-18)27-22-6-2-1-3-7-22/h1-12,16,21,26H,13-15,17H2. The highest BCUT2D eigenvalue weighted by Gasteiger charge is 2.45. The Morgan fingerprint density at radius 3 is 2.30 bits per heavy atom. The van der Waals surface area contributed by atoms with Crippen molar-refractivity contribution >= 4 is 11.6 Å². The number of hydrogen-bond donors (Lipinski definition) is 1. The lowest BCUT2D eigenvalue weighted by Crippen LogP contribution is -2.20. The number of para-hydroxylation sites is 1. The van der Waals surface area contributed by atoms with Crippen LogP contribution >= 0.6 is 11.6 Å².